The van der Waals surface area contributed by atoms with Gasteiger partial charge in [-0.1, -0.05) is 13.8 Å². The van der Waals surface area contributed by atoms with Gasteiger partial charge in [0.2, 0.25) is 0 Å². The molecule has 0 unspecified atom stereocenters. The Labute approximate surface area is 121 Å². The van der Waals surface area contributed by atoms with Gasteiger partial charge in [-0.2, -0.15) is 0 Å². The van der Waals surface area contributed by atoms with E-state index in [9.17, 15) is 0 Å². The van der Waals surface area contributed by atoms with Gasteiger partial charge >= 0.3 is 0 Å². The average molecular weight is 281 g/mol. The van der Waals surface area contributed by atoms with Crippen LogP contribution in [0.4, 0.5) is 0 Å². The van der Waals surface area contributed by atoms with Gasteiger partial charge in [0.15, 0.2) is 0 Å². The van der Waals surface area contributed by atoms with Gasteiger partial charge in [-0.15, -0.1) is 11.3 Å². The second-order valence-electron chi connectivity index (χ2n) is 5.61. The SMILES string of the molecule is CCCN1CCC(NCC)(c2nc(C)c(C)s2)CC1. The zero-order chi connectivity index (χ0) is 13.9. The van der Waals surface area contributed by atoms with Gasteiger partial charge in [0.1, 0.15) is 5.01 Å². The molecule has 1 saturated heterocycles. The number of nitrogens with one attached hydrogen (secondary N) is 1. The minimum atomic E-state index is 0.128. The minimum absolute atomic E-state index is 0.128. The van der Waals surface area contributed by atoms with E-state index in [1.165, 1.54) is 54.5 Å². The summed E-state index contributed by atoms with van der Waals surface area (Å²) < 4.78 is 0. The van der Waals surface area contributed by atoms with Gasteiger partial charge in [0.05, 0.1) is 11.2 Å². The van der Waals surface area contributed by atoms with E-state index in [4.69, 9.17) is 4.98 Å². The normalized spacial score (nSPS) is 19.8. The standard InChI is InChI=1S/C15H27N3S/c1-5-9-18-10-7-15(8-11-18,16-6-2)14-17-12(3)13(4)19-14/h16H,5-11H2,1-4H3. The highest BCUT2D eigenvalue weighted by Crippen LogP contribution is 2.36. The van der Waals surface area contributed by atoms with Crippen LogP contribution in [-0.2, 0) is 5.54 Å². The highest BCUT2D eigenvalue weighted by atomic mass is 32.1. The van der Waals surface area contributed by atoms with Crippen molar-refractivity contribution in [2.75, 3.05) is 26.2 Å². The predicted octanol–water partition coefficient (Wildman–Crippen LogP) is 3.07. The molecule has 108 valence electrons. The van der Waals surface area contributed by atoms with Crippen molar-refractivity contribution >= 4 is 11.3 Å². The highest BCUT2D eigenvalue weighted by molar-refractivity contribution is 7.11. The van der Waals surface area contributed by atoms with Crippen LogP contribution in [0.3, 0.4) is 0 Å². The summed E-state index contributed by atoms with van der Waals surface area (Å²) in [4.78, 5) is 8.78. The Kier molecular flexibility index (Phi) is 4.98. The van der Waals surface area contributed by atoms with Crippen LogP contribution in [0.25, 0.3) is 0 Å². The van der Waals surface area contributed by atoms with Gasteiger partial charge in [-0.25, -0.2) is 4.98 Å². The number of hydrogen-bond donors (Lipinski definition) is 1. The van der Waals surface area contributed by atoms with Crippen LogP contribution >= 0.6 is 11.3 Å². The Balaban J connectivity index is 2.15. The Morgan fingerprint density at radius 3 is 2.42 bits per heavy atom. The number of likely N-dealkylation sites (tertiary alicyclic amines) is 1. The van der Waals surface area contributed by atoms with Crippen LogP contribution in [0.15, 0.2) is 0 Å². The molecule has 1 aliphatic heterocycles. The van der Waals surface area contributed by atoms with Crippen LogP contribution in [0, 0.1) is 13.8 Å². The van der Waals surface area contributed by atoms with Crippen molar-refractivity contribution in [2.45, 2.75) is 52.5 Å². The molecule has 19 heavy (non-hydrogen) atoms. The Morgan fingerprint density at radius 1 is 1.26 bits per heavy atom. The molecular formula is C15H27N3S. The first-order chi connectivity index (χ1) is 9.11. The molecule has 0 aliphatic carbocycles. The fraction of sp³-hybridized carbons (Fsp3) is 0.800. The number of aryl methyl sites for hydroxylation is 2. The third-order valence-corrected chi connectivity index (χ3v) is 5.48. The van der Waals surface area contributed by atoms with Gasteiger partial charge in [-0.3, -0.25) is 0 Å². The summed E-state index contributed by atoms with van der Waals surface area (Å²) in [6, 6.07) is 0. The number of rotatable bonds is 5. The van der Waals surface area contributed by atoms with Crippen LogP contribution in [0.5, 0.6) is 0 Å². The van der Waals surface area contributed by atoms with Crippen molar-refractivity contribution in [3.63, 3.8) is 0 Å². The molecule has 1 aromatic heterocycles. The molecule has 0 saturated carbocycles. The molecule has 1 aromatic rings. The van der Waals surface area contributed by atoms with Gasteiger partial charge in [-0.05, 0) is 46.2 Å². The van der Waals surface area contributed by atoms with Crippen LogP contribution in [-0.4, -0.2) is 36.1 Å². The molecule has 0 radical (unpaired) electrons. The molecule has 0 atom stereocenters. The first-order valence-corrected chi connectivity index (χ1v) is 8.35. The third-order valence-electron chi connectivity index (χ3n) is 4.20. The summed E-state index contributed by atoms with van der Waals surface area (Å²) in [6.07, 6.45) is 3.63. The van der Waals surface area contributed by atoms with Crippen molar-refractivity contribution < 1.29 is 0 Å². The van der Waals surface area contributed by atoms with Crippen LogP contribution < -0.4 is 5.32 Å². The van der Waals surface area contributed by atoms with Crippen molar-refractivity contribution in [3.05, 3.63) is 15.6 Å². The number of hydrogen-bond acceptors (Lipinski definition) is 4. The Bertz CT molecular complexity index is 386. The van der Waals surface area contributed by atoms with E-state index in [0.717, 1.165) is 6.54 Å². The fourth-order valence-electron chi connectivity index (χ4n) is 2.96. The summed E-state index contributed by atoms with van der Waals surface area (Å²) >= 11 is 1.88. The molecule has 0 spiro atoms. The Hall–Kier alpha value is -0.450. The lowest BCUT2D eigenvalue weighted by molar-refractivity contribution is 0.135. The maximum Gasteiger partial charge on any atom is 0.113 e. The van der Waals surface area contributed by atoms with E-state index in [1.807, 2.05) is 11.3 Å². The summed E-state index contributed by atoms with van der Waals surface area (Å²) in [5.74, 6) is 0. The second-order valence-corrected chi connectivity index (χ2v) is 6.82. The minimum Gasteiger partial charge on any atom is -0.306 e. The summed E-state index contributed by atoms with van der Waals surface area (Å²) in [5.41, 5.74) is 1.33. The predicted molar refractivity (Wildman–Crippen MR) is 82.9 cm³/mol. The maximum absolute atomic E-state index is 4.83. The zero-order valence-corrected chi connectivity index (χ0v) is 13.6. The lowest BCUT2D eigenvalue weighted by Crippen LogP contribution is -2.51. The molecule has 0 aromatic carbocycles. The molecule has 1 N–H and O–H groups in total. The molecule has 0 bridgehead atoms. The van der Waals surface area contributed by atoms with E-state index in [0.29, 0.717) is 0 Å². The highest BCUT2D eigenvalue weighted by Gasteiger charge is 2.37. The number of aromatic nitrogens is 1. The fourth-order valence-corrected chi connectivity index (χ4v) is 4.09. The van der Waals surface area contributed by atoms with E-state index < -0.39 is 0 Å². The summed E-state index contributed by atoms with van der Waals surface area (Å²) in [5, 5.41) is 5.04. The van der Waals surface area contributed by atoms with E-state index in [-0.39, 0.29) is 5.54 Å². The van der Waals surface area contributed by atoms with Crippen LogP contribution in [0.2, 0.25) is 0 Å². The molecular weight excluding hydrogens is 254 g/mol. The van der Waals surface area contributed by atoms with Gasteiger partial charge < -0.3 is 10.2 Å². The quantitative estimate of drug-likeness (QED) is 0.899. The molecule has 4 heteroatoms. The molecule has 1 aliphatic rings. The first-order valence-electron chi connectivity index (χ1n) is 7.53. The molecule has 2 rings (SSSR count). The zero-order valence-electron chi connectivity index (χ0n) is 12.8. The molecule has 2 heterocycles. The topological polar surface area (TPSA) is 28.2 Å². The molecule has 3 nitrogen and oxygen atoms in total. The van der Waals surface area contributed by atoms with E-state index >= 15 is 0 Å². The lowest BCUT2D eigenvalue weighted by Gasteiger charge is -2.41. The smallest absolute Gasteiger partial charge is 0.113 e. The van der Waals surface area contributed by atoms with Gasteiger partial charge in [0.25, 0.3) is 0 Å². The molecule has 0 amide bonds. The number of thiazole rings is 1. The third kappa shape index (κ3) is 3.18. The Morgan fingerprint density at radius 2 is 1.95 bits per heavy atom. The monoisotopic (exact) mass is 281 g/mol. The largest absolute Gasteiger partial charge is 0.306 e. The van der Waals surface area contributed by atoms with E-state index in [2.05, 4.69) is 37.9 Å². The maximum atomic E-state index is 4.83. The average Bonchev–Trinajstić information content (AvgIpc) is 2.73. The number of nitrogens with zero attached hydrogens (tertiary/aromatic N) is 2. The second kappa shape index (κ2) is 6.33. The van der Waals surface area contributed by atoms with Crippen molar-refractivity contribution in [1.82, 2.24) is 15.2 Å². The van der Waals surface area contributed by atoms with Crippen LogP contribution in [0.1, 0.15) is 48.7 Å². The van der Waals surface area contributed by atoms with E-state index in [1.54, 1.807) is 0 Å². The first kappa shape index (κ1) is 14.9. The summed E-state index contributed by atoms with van der Waals surface area (Å²) in [6.45, 7) is 13.4. The lowest BCUT2D eigenvalue weighted by atomic mass is 9.87. The summed E-state index contributed by atoms with van der Waals surface area (Å²) in [7, 11) is 0. The van der Waals surface area contributed by atoms with Crippen molar-refractivity contribution in [2.24, 2.45) is 0 Å². The molecule has 1 fully saturated rings. The van der Waals surface area contributed by atoms with Crippen molar-refractivity contribution in [3.8, 4) is 0 Å². The number of piperidine rings is 1. The van der Waals surface area contributed by atoms with Crippen molar-refractivity contribution in [1.29, 1.82) is 0 Å². The van der Waals surface area contributed by atoms with Gasteiger partial charge in [0, 0.05) is 18.0 Å².